The standard InChI is InChI=1S/C7H13N3O3S/c1-6-9-7(13-10-6)8-4-3-5-14(2,11)12/h3-5H2,1-2H3,(H,8,9,10). The topological polar surface area (TPSA) is 85.1 Å². The van der Waals surface area contributed by atoms with Crippen molar-refractivity contribution in [3.63, 3.8) is 0 Å². The Labute approximate surface area is 82.6 Å². The minimum absolute atomic E-state index is 0.160. The fraction of sp³-hybridized carbons (Fsp3) is 0.714. The van der Waals surface area contributed by atoms with Crippen molar-refractivity contribution in [2.24, 2.45) is 0 Å². The number of anilines is 1. The molecule has 14 heavy (non-hydrogen) atoms. The van der Waals surface area contributed by atoms with Gasteiger partial charge in [0.15, 0.2) is 5.82 Å². The average Bonchev–Trinajstić information content (AvgIpc) is 2.44. The maximum atomic E-state index is 10.8. The van der Waals surface area contributed by atoms with Gasteiger partial charge in [-0.3, -0.25) is 0 Å². The predicted octanol–water partition coefficient (Wildman–Crippen LogP) is 0.225. The highest BCUT2D eigenvalue weighted by Gasteiger charge is 2.03. The van der Waals surface area contributed by atoms with Crippen molar-refractivity contribution in [3.05, 3.63) is 5.82 Å². The summed E-state index contributed by atoms with van der Waals surface area (Å²) in [5, 5.41) is 6.41. The van der Waals surface area contributed by atoms with Gasteiger partial charge in [-0.15, -0.1) is 0 Å². The Kier molecular flexibility index (Phi) is 3.45. The van der Waals surface area contributed by atoms with Crippen LogP contribution in [-0.2, 0) is 9.84 Å². The monoisotopic (exact) mass is 219 g/mol. The molecule has 0 saturated carbocycles. The molecule has 0 saturated heterocycles. The van der Waals surface area contributed by atoms with E-state index in [9.17, 15) is 8.42 Å². The van der Waals surface area contributed by atoms with Crippen molar-refractivity contribution in [2.45, 2.75) is 13.3 Å². The summed E-state index contributed by atoms with van der Waals surface area (Å²) in [4.78, 5) is 3.91. The van der Waals surface area contributed by atoms with Crippen LogP contribution in [0.5, 0.6) is 0 Å². The molecule has 0 unspecified atom stereocenters. The molecule has 0 aliphatic carbocycles. The molecule has 0 aliphatic heterocycles. The van der Waals surface area contributed by atoms with E-state index in [1.54, 1.807) is 6.92 Å². The van der Waals surface area contributed by atoms with E-state index < -0.39 is 9.84 Å². The molecule has 7 heteroatoms. The van der Waals surface area contributed by atoms with Crippen molar-refractivity contribution in [1.29, 1.82) is 0 Å². The number of nitrogens with one attached hydrogen (secondary N) is 1. The van der Waals surface area contributed by atoms with Crippen LogP contribution in [-0.4, -0.2) is 37.1 Å². The highest BCUT2D eigenvalue weighted by Crippen LogP contribution is 2.01. The maximum Gasteiger partial charge on any atom is 0.321 e. The van der Waals surface area contributed by atoms with Crippen LogP contribution < -0.4 is 5.32 Å². The van der Waals surface area contributed by atoms with Crippen molar-refractivity contribution < 1.29 is 12.9 Å². The van der Waals surface area contributed by atoms with Crippen LogP contribution >= 0.6 is 0 Å². The lowest BCUT2D eigenvalue weighted by molar-refractivity contribution is 0.425. The Morgan fingerprint density at radius 2 is 2.21 bits per heavy atom. The fourth-order valence-electron chi connectivity index (χ4n) is 0.899. The third kappa shape index (κ3) is 4.22. The molecule has 0 radical (unpaired) electrons. The van der Waals surface area contributed by atoms with Gasteiger partial charge in [0.1, 0.15) is 9.84 Å². The van der Waals surface area contributed by atoms with Crippen LogP contribution in [0.2, 0.25) is 0 Å². The van der Waals surface area contributed by atoms with Gasteiger partial charge in [-0.1, -0.05) is 5.16 Å². The zero-order valence-electron chi connectivity index (χ0n) is 8.15. The van der Waals surface area contributed by atoms with E-state index in [-0.39, 0.29) is 5.75 Å². The minimum Gasteiger partial charge on any atom is -0.338 e. The van der Waals surface area contributed by atoms with Crippen molar-refractivity contribution >= 4 is 15.9 Å². The zero-order valence-corrected chi connectivity index (χ0v) is 8.97. The summed E-state index contributed by atoms with van der Waals surface area (Å²) in [6, 6.07) is 0.330. The predicted molar refractivity (Wildman–Crippen MR) is 51.9 cm³/mol. The fourth-order valence-corrected chi connectivity index (χ4v) is 1.57. The van der Waals surface area contributed by atoms with Crippen LogP contribution in [0, 0.1) is 6.92 Å². The molecule has 6 nitrogen and oxygen atoms in total. The summed E-state index contributed by atoms with van der Waals surface area (Å²) in [5.41, 5.74) is 0. The molecule has 0 spiro atoms. The van der Waals surface area contributed by atoms with E-state index in [1.165, 1.54) is 6.26 Å². The van der Waals surface area contributed by atoms with Gasteiger partial charge in [-0.25, -0.2) is 8.42 Å². The molecule has 0 aromatic carbocycles. The molecule has 0 bridgehead atoms. The summed E-state index contributed by atoms with van der Waals surface area (Å²) in [6.07, 6.45) is 1.74. The first kappa shape index (κ1) is 11.0. The first-order chi connectivity index (χ1) is 6.47. The summed E-state index contributed by atoms with van der Waals surface area (Å²) < 4.78 is 26.3. The van der Waals surface area contributed by atoms with E-state index in [4.69, 9.17) is 4.52 Å². The van der Waals surface area contributed by atoms with E-state index >= 15 is 0 Å². The molecule has 0 aliphatic rings. The van der Waals surface area contributed by atoms with E-state index in [0.717, 1.165) is 0 Å². The third-order valence-electron chi connectivity index (χ3n) is 1.50. The molecular weight excluding hydrogens is 206 g/mol. The van der Waals surface area contributed by atoms with Crippen molar-refractivity contribution in [3.8, 4) is 0 Å². The number of rotatable bonds is 5. The molecule has 0 amide bonds. The second kappa shape index (κ2) is 4.41. The van der Waals surface area contributed by atoms with Crippen LogP contribution in [0.25, 0.3) is 0 Å². The van der Waals surface area contributed by atoms with Gasteiger partial charge in [0.05, 0.1) is 5.75 Å². The summed E-state index contributed by atoms with van der Waals surface area (Å²) >= 11 is 0. The van der Waals surface area contributed by atoms with Crippen LogP contribution in [0.4, 0.5) is 6.01 Å². The lowest BCUT2D eigenvalue weighted by Gasteiger charge is -1.99. The maximum absolute atomic E-state index is 10.8. The first-order valence-corrected chi connectivity index (χ1v) is 6.25. The number of nitrogens with zero attached hydrogens (tertiary/aromatic N) is 2. The molecule has 1 heterocycles. The van der Waals surface area contributed by atoms with E-state index in [0.29, 0.717) is 24.8 Å². The highest BCUT2D eigenvalue weighted by molar-refractivity contribution is 7.90. The molecule has 1 aromatic heterocycles. The van der Waals surface area contributed by atoms with E-state index in [2.05, 4.69) is 15.5 Å². The Bertz CT molecular complexity index is 385. The first-order valence-electron chi connectivity index (χ1n) is 4.19. The van der Waals surface area contributed by atoms with Gasteiger partial charge in [0.2, 0.25) is 0 Å². The summed E-state index contributed by atoms with van der Waals surface area (Å²) in [7, 11) is -2.88. The van der Waals surface area contributed by atoms with Crippen LogP contribution in [0.1, 0.15) is 12.2 Å². The van der Waals surface area contributed by atoms with Gasteiger partial charge in [0.25, 0.3) is 0 Å². The van der Waals surface area contributed by atoms with Gasteiger partial charge < -0.3 is 9.84 Å². The lowest BCUT2D eigenvalue weighted by Crippen LogP contribution is -2.09. The Morgan fingerprint density at radius 3 is 2.71 bits per heavy atom. The van der Waals surface area contributed by atoms with E-state index in [1.807, 2.05) is 0 Å². The number of hydrogen-bond acceptors (Lipinski definition) is 6. The molecular formula is C7H13N3O3S. The molecule has 1 N–H and O–H groups in total. The molecule has 0 fully saturated rings. The normalized spacial score (nSPS) is 11.6. The van der Waals surface area contributed by atoms with Crippen molar-refractivity contribution in [2.75, 3.05) is 23.9 Å². The SMILES string of the molecule is Cc1noc(NCCCS(C)(=O)=O)n1. The lowest BCUT2D eigenvalue weighted by atomic mass is 10.5. The highest BCUT2D eigenvalue weighted by atomic mass is 32.2. The second-order valence-electron chi connectivity index (χ2n) is 3.06. The minimum atomic E-state index is -2.88. The number of sulfone groups is 1. The zero-order chi connectivity index (χ0) is 10.6. The van der Waals surface area contributed by atoms with Crippen LogP contribution in [0.15, 0.2) is 4.52 Å². The number of aryl methyl sites for hydroxylation is 1. The molecule has 0 atom stereocenters. The number of aromatic nitrogens is 2. The average molecular weight is 219 g/mol. The molecule has 1 rings (SSSR count). The quantitative estimate of drug-likeness (QED) is 0.713. The van der Waals surface area contributed by atoms with Gasteiger partial charge in [-0.05, 0) is 13.3 Å². The Balaban J connectivity index is 2.23. The van der Waals surface area contributed by atoms with Gasteiger partial charge in [-0.2, -0.15) is 4.98 Å². The van der Waals surface area contributed by atoms with Crippen LogP contribution in [0.3, 0.4) is 0 Å². The number of hydrogen-bond donors (Lipinski definition) is 1. The van der Waals surface area contributed by atoms with Gasteiger partial charge >= 0.3 is 6.01 Å². The smallest absolute Gasteiger partial charge is 0.321 e. The largest absolute Gasteiger partial charge is 0.338 e. The molecule has 80 valence electrons. The second-order valence-corrected chi connectivity index (χ2v) is 5.32. The molecule has 1 aromatic rings. The Hall–Kier alpha value is -1.11. The third-order valence-corrected chi connectivity index (χ3v) is 2.53. The summed E-state index contributed by atoms with van der Waals surface area (Å²) in [5.74, 6) is 0.711. The van der Waals surface area contributed by atoms with Crippen molar-refractivity contribution in [1.82, 2.24) is 10.1 Å². The summed E-state index contributed by atoms with van der Waals surface area (Å²) in [6.45, 7) is 2.22. The Morgan fingerprint density at radius 1 is 1.50 bits per heavy atom. The van der Waals surface area contributed by atoms with Gasteiger partial charge in [0, 0.05) is 12.8 Å².